The summed E-state index contributed by atoms with van der Waals surface area (Å²) in [6.07, 6.45) is 3.61. The van der Waals surface area contributed by atoms with E-state index >= 15 is 0 Å². The molecule has 2 aromatic rings. The van der Waals surface area contributed by atoms with E-state index in [-0.39, 0.29) is 5.91 Å². The Balaban J connectivity index is 1.80. The highest BCUT2D eigenvalue weighted by molar-refractivity contribution is 5.89. The van der Waals surface area contributed by atoms with Gasteiger partial charge in [0.2, 0.25) is 5.91 Å². The van der Waals surface area contributed by atoms with Gasteiger partial charge in [-0.25, -0.2) is 0 Å². The molecule has 0 aliphatic heterocycles. The van der Waals surface area contributed by atoms with Crippen LogP contribution < -0.4 is 5.32 Å². The van der Waals surface area contributed by atoms with Crippen LogP contribution in [0.3, 0.4) is 0 Å². The molecule has 16 heavy (non-hydrogen) atoms. The number of carbonyl (C=O) groups is 1. The monoisotopic (exact) mass is 220 g/mol. The van der Waals surface area contributed by atoms with Gasteiger partial charge in [-0.15, -0.1) is 0 Å². The van der Waals surface area contributed by atoms with Crippen molar-refractivity contribution in [2.45, 2.75) is 19.9 Å². The minimum Gasteiger partial charge on any atom is -0.363 e. The topological polar surface area (TPSA) is 73.0 Å². The van der Waals surface area contributed by atoms with Gasteiger partial charge in [-0.2, -0.15) is 5.10 Å². The van der Waals surface area contributed by atoms with Crippen LogP contribution in [0.1, 0.15) is 12.1 Å². The number of anilines is 1. The van der Waals surface area contributed by atoms with Crippen molar-refractivity contribution < 1.29 is 9.32 Å². The normalized spacial score (nSPS) is 10.3. The van der Waals surface area contributed by atoms with E-state index in [1.165, 1.54) is 6.26 Å². The molecule has 0 aliphatic carbocycles. The number of aryl methyl sites for hydroxylation is 2. The molecule has 6 heteroatoms. The van der Waals surface area contributed by atoms with Crippen molar-refractivity contribution in [3.05, 3.63) is 30.3 Å². The van der Waals surface area contributed by atoms with Gasteiger partial charge in [0.25, 0.3) is 0 Å². The molecule has 0 saturated carbocycles. The molecule has 0 bridgehead atoms. The molecule has 2 heterocycles. The van der Waals surface area contributed by atoms with E-state index in [9.17, 15) is 4.79 Å². The summed E-state index contributed by atoms with van der Waals surface area (Å²) in [6.45, 7) is 2.46. The molecule has 84 valence electrons. The molecule has 1 N–H and O–H groups in total. The first-order valence-electron chi connectivity index (χ1n) is 4.94. The molecule has 1 amide bonds. The minimum absolute atomic E-state index is 0.109. The van der Waals surface area contributed by atoms with Crippen molar-refractivity contribution in [3.63, 3.8) is 0 Å². The summed E-state index contributed by atoms with van der Waals surface area (Å²) in [6, 6.07) is 3.49. The standard InChI is InChI=1S/C10H12N4O2/c1-8-2-5-14(12-8)6-3-10(15)11-9-4-7-16-13-9/h2,4-5,7H,3,6H2,1H3,(H,11,13,15). The lowest BCUT2D eigenvalue weighted by Crippen LogP contribution is -2.14. The average molecular weight is 220 g/mol. The molecule has 0 radical (unpaired) electrons. The first-order chi connectivity index (χ1) is 7.74. The molecule has 0 unspecified atom stereocenters. The third-order valence-electron chi connectivity index (χ3n) is 2.05. The minimum atomic E-state index is -0.109. The van der Waals surface area contributed by atoms with E-state index in [2.05, 4.69) is 20.1 Å². The molecule has 2 rings (SSSR count). The zero-order valence-corrected chi connectivity index (χ0v) is 8.88. The molecule has 0 aliphatic rings. The highest BCUT2D eigenvalue weighted by Gasteiger charge is 2.04. The maximum atomic E-state index is 11.5. The van der Waals surface area contributed by atoms with Crippen LogP contribution in [-0.2, 0) is 11.3 Å². The Labute approximate surface area is 92.2 Å². The quantitative estimate of drug-likeness (QED) is 0.840. The lowest BCUT2D eigenvalue weighted by Gasteiger charge is -2.01. The van der Waals surface area contributed by atoms with Crippen molar-refractivity contribution in [1.29, 1.82) is 0 Å². The number of nitrogens with zero attached hydrogens (tertiary/aromatic N) is 3. The van der Waals surface area contributed by atoms with Crippen LogP contribution in [0.4, 0.5) is 5.82 Å². The summed E-state index contributed by atoms with van der Waals surface area (Å²) in [5.74, 6) is 0.323. The Hall–Kier alpha value is -2.11. The van der Waals surface area contributed by atoms with Gasteiger partial charge in [0.05, 0.1) is 5.69 Å². The van der Waals surface area contributed by atoms with E-state index in [4.69, 9.17) is 0 Å². The number of hydrogen-bond donors (Lipinski definition) is 1. The summed E-state index contributed by atoms with van der Waals surface area (Å²) in [4.78, 5) is 11.5. The summed E-state index contributed by atoms with van der Waals surface area (Å²) < 4.78 is 6.33. The highest BCUT2D eigenvalue weighted by atomic mass is 16.5. The fourth-order valence-corrected chi connectivity index (χ4v) is 1.29. The van der Waals surface area contributed by atoms with Crippen LogP contribution in [0.25, 0.3) is 0 Å². The van der Waals surface area contributed by atoms with Gasteiger partial charge in [-0.3, -0.25) is 9.48 Å². The molecule has 0 spiro atoms. The van der Waals surface area contributed by atoms with E-state index in [0.717, 1.165) is 5.69 Å². The van der Waals surface area contributed by atoms with Crippen LogP contribution >= 0.6 is 0 Å². The summed E-state index contributed by atoms with van der Waals surface area (Å²) in [5, 5.41) is 10.4. The molecule has 0 aromatic carbocycles. The Morgan fingerprint density at radius 2 is 2.44 bits per heavy atom. The van der Waals surface area contributed by atoms with Crippen molar-refractivity contribution in [2.24, 2.45) is 0 Å². The van der Waals surface area contributed by atoms with E-state index in [0.29, 0.717) is 18.8 Å². The SMILES string of the molecule is Cc1ccn(CCC(=O)Nc2ccon2)n1. The molecule has 2 aromatic heterocycles. The molecule has 6 nitrogen and oxygen atoms in total. The third-order valence-corrected chi connectivity index (χ3v) is 2.05. The van der Waals surface area contributed by atoms with Crippen molar-refractivity contribution in [3.8, 4) is 0 Å². The number of hydrogen-bond acceptors (Lipinski definition) is 4. The van der Waals surface area contributed by atoms with Crippen LogP contribution in [0, 0.1) is 6.92 Å². The Morgan fingerprint density at radius 3 is 3.06 bits per heavy atom. The number of carbonyl (C=O) groups excluding carboxylic acids is 1. The van der Waals surface area contributed by atoms with Crippen LogP contribution in [0.2, 0.25) is 0 Å². The largest absolute Gasteiger partial charge is 0.363 e. The smallest absolute Gasteiger partial charge is 0.227 e. The Morgan fingerprint density at radius 1 is 1.56 bits per heavy atom. The first-order valence-corrected chi connectivity index (χ1v) is 4.94. The second kappa shape index (κ2) is 4.61. The maximum Gasteiger partial charge on any atom is 0.227 e. The average Bonchev–Trinajstić information content (AvgIpc) is 2.87. The van der Waals surface area contributed by atoms with Gasteiger partial charge < -0.3 is 9.84 Å². The van der Waals surface area contributed by atoms with Gasteiger partial charge in [-0.05, 0) is 13.0 Å². The Kier molecular flexibility index (Phi) is 3.00. The predicted molar refractivity (Wildman–Crippen MR) is 56.7 cm³/mol. The number of nitrogens with one attached hydrogen (secondary N) is 1. The maximum absolute atomic E-state index is 11.5. The van der Waals surface area contributed by atoms with Gasteiger partial charge in [0, 0.05) is 25.2 Å². The molecule has 0 fully saturated rings. The summed E-state index contributed by atoms with van der Waals surface area (Å²) in [7, 11) is 0. The zero-order valence-electron chi connectivity index (χ0n) is 8.88. The predicted octanol–water partition coefficient (Wildman–Crippen LogP) is 1.21. The van der Waals surface area contributed by atoms with E-state index in [1.54, 1.807) is 10.7 Å². The van der Waals surface area contributed by atoms with Crippen molar-refractivity contribution >= 4 is 11.7 Å². The van der Waals surface area contributed by atoms with Crippen LogP contribution in [0.15, 0.2) is 29.1 Å². The van der Waals surface area contributed by atoms with Crippen LogP contribution in [0.5, 0.6) is 0 Å². The lowest BCUT2D eigenvalue weighted by molar-refractivity contribution is -0.116. The number of amides is 1. The van der Waals surface area contributed by atoms with Gasteiger partial charge in [-0.1, -0.05) is 5.16 Å². The molecule has 0 atom stereocenters. The molecular formula is C10H12N4O2. The van der Waals surface area contributed by atoms with Gasteiger partial charge in [0.15, 0.2) is 5.82 Å². The molecular weight excluding hydrogens is 208 g/mol. The van der Waals surface area contributed by atoms with Crippen molar-refractivity contribution in [2.75, 3.05) is 5.32 Å². The first kappa shape index (κ1) is 10.4. The number of aromatic nitrogens is 3. The zero-order chi connectivity index (χ0) is 11.4. The molecule has 0 saturated heterocycles. The summed E-state index contributed by atoms with van der Waals surface area (Å²) >= 11 is 0. The van der Waals surface area contributed by atoms with Crippen LogP contribution in [-0.4, -0.2) is 20.8 Å². The fourth-order valence-electron chi connectivity index (χ4n) is 1.29. The lowest BCUT2D eigenvalue weighted by atomic mass is 10.4. The fraction of sp³-hybridized carbons (Fsp3) is 0.300. The second-order valence-electron chi connectivity index (χ2n) is 3.40. The Bertz CT molecular complexity index is 461. The third kappa shape index (κ3) is 2.69. The number of rotatable bonds is 4. The van der Waals surface area contributed by atoms with Gasteiger partial charge in [0.1, 0.15) is 6.26 Å². The van der Waals surface area contributed by atoms with E-state index < -0.39 is 0 Å². The van der Waals surface area contributed by atoms with E-state index in [1.807, 2.05) is 19.2 Å². The van der Waals surface area contributed by atoms with Gasteiger partial charge >= 0.3 is 0 Å². The van der Waals surface area contributed by atoms with Crippen molar-refractivity contribution in [1.82, 2.24) is 14.9 Å². The second-order valence-corrected chi connectivity index (χ2v) is 3.40. The highest BCUT2D eigenvalue weighted by Crippen LogP contribution is 2.02. The summed E-state index contributed by atoms with van der Waals surface area (Å²) in [5.41, 5.74) is 0.942.